The lowest BCUT2D eigenvalue weighted by molar-refractivity contribution is -0.0507. The highest BCUT2D eigenvalue weighted by Gasteiger charge is 2.18. The lowest BCUT2D eigenvalue weighted by Gasteiger charge is -2.24. The second-order valence-electron chi connectivity index (χ2n) is 5.18. The summed E-state index contributed by atoms with van der Waals surface area (Å²) in [5.41, 5.74) is 1.92. The molecule has 0 radical (unpaired) electrons. The van der Waals surface area contributed by atoms with E-state index in [1.807, 2.05) is 49.4 Å². The van der Waals surface area contributed by atoms with E-state index >= 15 is 0 Å². The van der Waals surface area contributed by atoms with Crippen molar-refractivity contribution >= 4 is 0 Å². The van der Waals surface area contributed by atoms with Crippen LogP contribution in [0.2, 0.25) is 0 Å². The summed E-state index contributed by atoms with van der Waals surface area (Å²) >= 11 is 0. The fourth-order valence-corrected chi connectivity index (χ4v) is 2.54. The standard InChI is InChI=1S/C18H21F2NO/c1-3-16(21-13(2)14-9-5-4-6-10-14)15-11-7-8-12-17(15)22-18(19)20/h4-13,16,18,21H,3H2,1-2H3. The van der Waals surface area contributed by atoms with Gasteiger partial charge >= 0.3 is 6.61 Å². The van der Waals surface area contributed by atoms with Crippen LogP contribution in [0.25, 0.3) is 0 Å². The molecule has 22 heavy (non-hydrogen) atoms. The van der Waals surface area contributed by atoms with Crippen LogP contribution >= 0.6 is 0 Å². The Morgan fingerprint density at radius 3 is 2.27 bits per heavy atom. The van der Waals surface area contributed by atoms with E-state index < -0.39 is 6.61 Å². The van der Waals surface area contributed by atoms with Crippen molar-refractivity contribution in [3.05, 3.63) is 65.7 Å². The molecule has 0 aliphatic carbocycles. The normalized spacial score (nSPS) is 13.9. The SMILES string of the molecule is CCC(NC(C)c1ccccc1)c1ccccc1OC(F)F. The maximum atomic E-state index is 12.6. The van der Waals surface area contributed by atoms with Gasteiger partial charge in [-0.1, -0.05) is 55.5 Å². The molecule has 2 aromatic carbocycles. The molecule has 118 valence electrons. The van der Waals surface area contributed by atoms with Gasteiger partial charge in [0.2, 0.25) is 0 Å². The molecule has 0 aliphatic rings. The van der Waals surface area contributed by atoms with Crippen LogP contribution in [0, 0.1) is 0 Å². The summed E-state index contributed by atoms with van der Waals surface area (Å²) in [4.78, 5) is 0. The predicted molar refractivity (Wildman–Crippen MR) is 84.1 cm³/mol. The molecular weight excluding hydrogens is 284 g/mol. The number of para-hydroxylation sites is 1. The van der Waals surface area contributed by atoms with Gasteiger partial charge in [0.05, 0.1) is 0 Å². The molecule has 2 unspecified atom stereocenters. The van der Waals surface area contributed by atoms with Crippen molar-refractivity contribution in [1.82, 2.24) is 5.32 Å². The van der Waals surface area contributed by atoms with Crippen LogP contribution in [-0.2, 0) is 0 Å². The van der Waals surface area contributed by atoms with E-state index in [9.17, 15) is 8.78 Å². The summed E-state index contributed by atoms with van der Waals surface area (Å²) in [5, 5.41) is 3.49. The van der Waals surface area contributed by atoms with Crippen molar-refractivity contribution in [3.63, 3.8) is 0 Å². The van der Waals surface area contributed by atoms with Crippen LogP contribution in [0.3, 0.4) is 0 Å². The van der Waals surface area contributed by atoms with Crippen LogP contribution in [0.15, 0.2) is 54.6 Å². The van der Waals surface area contributed by atoms with E-state index in [0.717, 1.165) is 17.5 Å². The van der Waals surface area contributed by atoms with E-state index in [-0.39, 0.29) is 17.8 Å². The van der Waals surface area contributed by atoms with E-state index in [0.29, 0.717) is 0 Å². The minimum atomic E-state index is -2.81. The Morgan fingerprint density at radius 2 is 1.64 bits per heavy atom. The van der Waals surface area contributed by atoms with Gasteiger partial charge in [-0.25, -0.2) is 0 Å². The van der Waals surface area contributed by atoms with E-state index in [4.69, 9.17) is 0 Å². The van der Waals surface area contributed by atoms with Crippen LogP contribution in [-0.4, -0.2) is 6.61 Å². The summed E-state index contributed by atoms with van der Waals surface area (Å²) < 4.78 is 29.7. The Balaban J connectivity index is 2.18. The first-order valence-corrected chi connectivity index (χ1v) is 7.46. The Labute approximate surface area is 130 Å². The number of hydrogen-bond acceptors (Lipinski definition) is 2. The molecule has 4 heteroatoms. The highest BCUT2D eigenvalue weighted by atomic mass is 19.3. The molecule has 0 amide bonds. The van der Waals surface area contributed by atoms with Gasteiger partial charge in [-0.3, -0.25) is 0 Å². The van der Waals surface area contributed by atoms with Crippen LogP contribution in [0.1, 0.15) is 43.5 Å². The van der Waals surface area contributed by atoms with Gasteiger partial charge in [0.15, 0.2) is 0 Å². The summed E-state index contributed by atoms with van der Waals surface area (Å²) in [6.07, 6.45) is 0.779. The van der Waals surface area contributed by atoms with Crippen LogP contribution in [0.4, 0.5) is 8.78 Å². The average Bonchev–Trinajstić information content (AvgIpc) is 2.53. The maximum Gasteiger partial charge on any atom is 0.387 e. The minimum absolute atomic E-state index is 0.0508. The molecule has 1 N–H and O–H groups in total. The van der Waals surface area contributed by atoms with Gasteiger partial charge in [-0.2, -0.15) is 8.78 Å². The van der Waals surface area contributed by atoms with Gasteiger partial charge in [-0.05, 0) is 25.0 Å². The molecule has 0 bridgehead atoms. The van der Waals surface area contributed by atoms with Crippen molar-refractivity contribution in [3.8, 4) is 5.75 Å². The lowest BCUT2D eigenvalue weighted by Crippen LogP contribution is -2.25. The minimum Gasteiger partial charge on any atom is -0.434 e. The average molecular weight is 305 g/mol. The largest absolute Gasteiger partial charge is 0.434 e. The number of ether oxygens (including phenoxy) is 1. The molecule has 0 fully saturated rings. The zero-order chi connectivity index (χ0) is 15.9. The highest BCUT2D eigenvalue weighted by molar-refractivity contribution is 5.36. The summed E-state index contributed by atoms with van der Waals surface area (Å²) in [7, 11) is 0. The predicted octanol–water partition coefficient (Wildman–Crippen LogP) is 5.09. The Kier molecular flexibility index (Phi) is 5.90. The quantitative estimate of drug-likeness (QED) is 0.769. The topological polar surface area (TPSA) is 21.3 Å². The number of rotatable bonds is 7. The number of nitrogens with one attached hydrogen (secondary N) is 1. The van der Waals surface area contributed by atoms with Gasteiger partial charge in [0.1, 0.15) is 5.75 Å². The van der Waals surface area contributed by atoms with Crippen LogP contribution < -0.4 is 10.1 Å². The van der Waals surface area contributed by atoms with E-state index in [2.05, 4.69) is 17.0 Å². The summed E-state index contributed by atoms with van der Waals surface area (Å²) in [6, 6.07) is 17.1. The molecule has 2 atom stereocenters. The highest BCUT2D eigenvalue weighted by Crippen LogP contribution is 2.30. The molecule has 0 aliphatic heterocycles. The first-order valence-electron chi connectivity index (χ1n) is 7.46. The van der Waals surface area contributed by atoms with Gasteiger partial charge in [-0.15, -0.1) is 0 Å². The van der Waals surface area contributed by atoms with Crippen molar-refractivity contribution in [2.45, 2.75) is 39.0 Å². The van der Waals surface area contributed by atoms with Crippen molar-refractivity contribution in [2.75, 3.05) is 0 Å². The Bertz CT molecular complexity index is 574. The third-order valence-electron chi connectivity index (χ3n) is 3.67. The van der Waals surface area contributed by atoms with E-state index in [1.54, 1.807) is 12.1 Å². The molecule has 0 spiro atoms. The monoisotopic (exact) mass is 305 g/mol. The fourth-order valence-electron chi connectivity index (χ4n) is 2.54. The molecule has 0 heterocycles. The number of hydrogen-bond donors (Lipinski definition) is 1. The molecule has 0 aromatic heterocycles. The van der Waals surface area contributed by atoms with Crippen molar-refractivity contribution in [1.29, 1.82) is 0 Å². The van der Waals surface area contributed by atoms with Gasteiger partial charge in [0.25, 0.3) is 0 Å². The summed E-state index contributed by atoms with van der Waals surface area (Å²) in [6.45, 7) is 1.27. The van der Waals surface area contributed by atoms with Gasteiger partial charge in [0, 0.05) is 17.6 Å². The Hall–Kier alpha value is -1.94. The molecule has 2 aromatic rings. The molecule has 0 saturated heterocycles. The molecule has 2 rings (SSSR count). The van der Waals surface area contributed by atoms with Crippen LogP contribution in [0.5, 0.6) is 5.75 Å². The number of alkyl halides is 2. The molecule has 0 saturated carbocycles. The Morgan fingerprint density at radius 1 is 1.00 bits per heavy atom. The molecular formula is C18H21F2NO. The first-order chi connectivity index (χ1) is 10.6. The third kappa shape index (κ3) is 4.28. The summed E-state index contributed by atoms with van der Waals surface area (Å²) in [5.74, 6) is 0.233. The maximum absolute atomic E-state index is 12.6. The van der Waals surface area contributed by atoms with Crippen molar-refractivity contribution in [2.24, 2.45) is 0 Å². The fraction of sp³-hybridized carbons (Fsp3) is 0.333. The van der Waals surface area contributed by atoms with E-state index in [1.165, 1.54) is 0 Å². The zero-order valence-corrected chi connectivity index (χ0v) is 12.8. The smallest absolute Gasteiger partial charge is 0.387 e. The lowest BCUT2D eigenvalue weighted by atomic mass is 10.0. The molecule has 2 nitrogen and oxygen atoms in total. The number of benzene rings is 2. The van der Waals surface area contributed by atoms with Crippen molar-refractivity contribution < 1.29 is 13.5 Å². The first kappa shape index (κ1) is 16.4. The zero-order valence-electron chi connectivity index (χ0n) is 12.8. The second-order valence-corrected chi connectivity index (χ2v) is 5.18. The third-order valence-corrected chi connectivity index (χ3v) is 3.67. The number of halogens is 2. The second kappa shape index (κ2) is 7.90. The van der Waals surface area contributed by atoms with Gasteiger partial charge < -0.3 is 10.1 Å².